The number of hydrogen-bond acceptors (Lipinski definition) is 5. The standard InChI is InChI=1S/C30H38N4O2S/c1-20(31-2)28(35)32-27(22-13-7-4-8-14-22)30(36)34-18-10-16-24(34)29-33-26-23(15-9-17-25(26)37-29)19-21-11-5-3-6-12-21/h3,5-6,9,11-12,15,17,20,22,24,27,31H,4,7-8,10,13-14,16,18-19H2,1-2H3,(H,32,35)/t20-,24+,27-/m0/s1. The maximum atomic E-state index is 14.1. The summed E-state index contributed by atoms with van der Waals surface area (Å²) >= 11 is 1.71. The van der Waals surface area contributed by atoms with Crippen LogP contribution in [-0.2, 0) is 16.0 Å². The zero-order valence-corrected chi connectivity index (χ0v) is 22.7. The highest BCUT2D eigenvalue weighted by Crippen LogP contribution is 2.39. The number of benzene rings is 2. The van der Waals surface area contributed by atoms with Crippen LogP contribution in [0.2, 0.25) is 0 Å². The van der Waals surface area contributed by atoms with Crippen LogP contribution >= 0.6 is 11.3 Å². The monoisotopic (exact) mass is 518 g/mol. The Morgan fingerprint density at radius 1 is 1.03 bits per heavy atom. The van der Waals surface area contributed by atoms with Crippen molar-refractivity contribution < 1.29 is 9.59 Å². The van der Waals surface area contributed by atoms with E-state index in [4.69, 9.17) is 4.98 Å². The SMILES string of the molecule is CN[C@@H](C)C(=O)N[C@H](C(=O)N1CCC[C@@H]1c1nc2c(Cc3ccccc3)cccc2s1)C1CCCCC1. The molecule has 0 unspecified atom stereocenters. The first kappa shape index (κ1) is 25.9. The summed E-state index contributed by atoms with van der Waals surface area (Å²) in [6.07, 6.45) is 8.16. The van der Waals surface area contributed by atoms with Crippen LogP contribution in [0.5, 0.6) is 0 Å². The summed E-state index contributed by atoms with van der Waals surface area (Å²) in [4.78, 5) is 34.1. The molecule has 2 heterocycles. The molecule has 5 rings (SSSR count). The molecule has 37 heavy (non-hydrogen) atoms. The van der Waals surface area contributed by atoms with E-state index >= 15 is 0 Å². The number of fused-ring (bicyclic) bond motifs is 1. The zero-order chi connectivity index (χ0) is 25.8. The molecule has 1 aliphatic carbocycles. The number of nitrogens with one attached hydrogen (secondary N) is 2. The van der Waals surface area contributed by atoms with Gasteiger partial charge in [-0.2, -0.15) is 0 Å². The Kier molecular flexibility index (Phi) is 8.20. The molecule has 1 aliphatic heterocycles. The highest BCUT2D eigenvalue weighted by Gasteiger charge is 2.40. The van der Waals surface area contributed by atoms with E-state index < -0.39 is 6.04 Å². The Morgan fingerprint density at radius 3 is 2.57 bits per heavy atom. The average Bonchev–Trinajstić information content (AvgIpc) is 3.60. The minimum atomic E-state index is -0.466. The quantitative estimate of drug-likeness (QED) is 0.429. The summed E-state index contributed by atoms with van der Waals surface area (Å²) in [7, 11) is 1.78. The van der Waals surface area contributed by atoms with Crippen molar-refractivity contribution in [3.05, 3.63) is 64.7 Å². The highest BCUT2D eigenvalue weighted by molar-refractivity contribution is 7.18. The van der Waals surface area contributed by atoms with E-state index in [1.54, 1.807) is 18.4 Å². The van der Waals surface area contributed by atoms with Gasteiger partial charge in [-0.25, -0.2) is 4.98 Å². The van der Waals surface area contributed by atoms with E-state index in [2.05, 4.69) is 53.1 Å². The molecule has 2 aliphatic rings. The average molecular weight is 519 g/mol. The lowest BCUT2D eigenvalue weighted by Gasteiger charge is -2.35. The van der Waals surface area contributed by atoms with Crippen molar-refractivity contribution in [1.29, 1.82) is 0 Å². The van der Waals surface area contributed by atoms with Crippen molar-refractivity contribution in [2.45, 2.75) is 76.4 Å². The molecule has 0 radical (unpaired) electrons. The molecule has 1 saturated heterocycles. The molecular weight excluding hydrogens is 480 g/mol. The number of para-hydroxylation sites is 1. The third-order valence-electron chi connectivity index (χ3n) is 8.09. The Bertz CT molecular complexity index is 1220. The van der Waals surface area contributed by atoms with E-state index in [0.717, 1.165) is 62.0 Å². The number of aromatic nitrogens is 1. The van der Waals surface area contributed by atoms with E-state index in [1.165, 1.54) is 22.2 Å². The summed E-state index contributed by atoms with van der Waals surface area (Å²) in [5, 5.41) is 7.16. The van der Waals surface area contributed by atoms with Crippen LogP contribution in [0, 0.1) is 5.92 Å². The number of nitrogens with zero attached hydrogens (tertiary/aromatic N) is 2. The number of hydrogen-bond donors (Lipinski definition) is 2. The van der Waals surface area contributed by atoms with Gasteiger partial charge in [-0.3, -0.25) is 9.59 Å². The van der Waals surface area contributed by atoms with Gasteiger partial charge in [0.1, 0.15) is 11.0 Å². The normalized spacial score (nSPS) is 20.2. The zero-order valence-electron chi connectivity index (χ0n) is 21.9. The van der Waals surface area contributed by atoms with Crippen molar-refractivity contribution in [3.8, 4) is 0 Å². The number of thiazole rings is 1. The number of likely N-dealkylation sites (N-methyl/N-ethyl adjacent to an activating group) is 1. The Hall–Kier alpha value is -2.77. The minimum absolute atomic E-state index is 0.0285. The molecule has 2 fully saturated rings. The summed E-state index contributed by atoms with van der Waals surface area (Å²) in [5.74, 6) is 0.158. The second-order valence-electron chi connectivity index (χ2n) is 10.6. The summed E-state index contributed by atoms with van der Waals surface area (Å²) in [6, 6.07) is 16.1. The lowest BCUT2D eigenvalue weighted by Crippen LogP contribution is -2.55. The maximum absolute atomic E-state index is 14.1. The van der Waals surface area contributed by atoms with Gasteiger partial charge in [-0.1, -0.05) is 61.7 Å². The molecule has 3 atom stereocenters. The van der Waals surface area contributed by atoms with Crippen LogP contribution in [0.15, 0.2) is 48.5 Å². The second kappa shape index (κ2) is 11.7. The molecule has 196 valence electrons. The number of carbonyl (C=O) groups excluding carboxylic acids is 2. The van der Waals surface area contributed by atoms with Gasteiger partial charge in [0.15, 0.2) is 0 Å². The van der Waals surface area contributed by atoms with Gasteiger partial charge >= 0.3 is 0 Å². The second-order valence-corrected chi connectivity index (χ2v) is 11.6. The van der Waals surface area contributed by atoms with Crippen molar-refractivity contribution >= 4 is 33.4 Å². The molecule has 0 spiro atoms. The van der Waals surface area contributed by atoms with E-state index in [9.17, 15) is 9.59 Å². The number of rotatable bonds is 8. The molecule has 2 aromatic carbocycles. The van der Waals surface area contributed by atoms with Gasteiger partial charge in [-0.15, -0.1) is 11.3 Å². The molecular formula is C30H38N4O2S. The predicted octanol–water partition coefficient (Wildman–Crippen LogP) is 5.22. The van der Waals surface area contributed by atoms with Gasteiger partial charge in [0.25, 0.3) is 0 Å². The molecule has 1 saturated carbocycles. The van der Waals surface area contributed by atoms with Crippen molar-refractivity contribution in [2.75, 3.05) is 13.6 Å². The van der Waals surface area contributed by atoms with Crippen LogP contribution in [-0.4, -0.2) is 47.4 Å². The van der Waals surface area contributed by atoms with Crippen LogP contribution < -0.4 is 10.6 Å². The first-order chi connectivity index (χ1) is 18.0. The Labute approximate surface area is 223 Å². The fourth-order valence-corrected chi connectivity index (χ4v) is 7.01. The van der Waals surface area contributed by atoms with Gasteiger partial charge in [0.05, 0.1) is 22.3 Å². The maximum Gasteiger partial charge on any atom is 0.246 e. The highest BCUT2D eigenvalue weighted by atomic mass is 32.1. The largest absolute Gasteiger partial charge is 0.343 e. The van der Waals surface area contributed by atoms with Gasteiger partial charge in [-0.05, 0) is 69.2 Å². The summed E-state index contributed by atoms with van der Waals surface area (Å²) < 4.78 is 1.17. The topological polar surface area (TPSA) is 74.3 Å². The van der Waals surface area contributed by atoms with Crippen LogP contribution in [0.25, 0.3) is 10.2 Å². The molecule has 2 N–H and O–H groups in total. The van der Waals surface area contributed by atoms with Gasteiger partial charge in [0, 0.05) is 6.54 Å². The molecule has 7 heteroatoms. The third kappa shape index (κ3) is 5.73. The van der Waals surface area contributed by atoms with Gasteiger partial charge in [0.2, 0.25) is 11.8 Å². The molecule has 3 aromatic rings. The molecule has 0 bridgehead atoms. The first-order valence-electron chi connectivity index (χ1n) is 13.8. The van der Waals surface area contributed by atoms with Crippen LogP contribution in [0.4, 0.5) is 0 Å². The smallest absolute Gasteiger partial charge is 0.246 e. The predicted molar refractivity (Wildman–Crippen MR) is 150 cm³/mol. The lowest BCUT2D eigenvalue weighted by atomic mass is 9.83. The number of carbonyl (C=O) groups is 2. The third-order valence-corrected chi connectivity index (χ3v) is 9.21. The van der Waals surface area contributed by atoms with Crippen molar-refractivity contribution in [2.24, 2.45) is 5.92 Å². The van der Waals surface area contributed by atoms with Gasteiger partial charge < -0.3 is 15.5 Å². The molecule has 6 nitrogen and oxygen atoms in total. The van der Waals surface area contributed by atoms with E-state index in [-0.39, 0.29) is 29.8 Å². The van der Waals surface area contributed by atoms with Crippen LogP contribution in [0.3, 0.4) is 0 Å². The van der Waals surface area contributed by atoms with Crippen molar-refractivity contribution in [3.63, 3.8) is 0 Å². The minimum Gasteiger partial charge on any atom is -0.343 e. The fourth-order valence-electron chi connectivity index (χ4n) is 5.85. The number of likely N-dealkylation sites (tertiary alicyclic amines) is 1. The number of amides is 2. The Morgan fingerprint density at radius 2 is 1.81 bits per heavy atom. The van der Waals surface area contributed by atoms with Crippen molar-refractivity contribution in [1.82, 2.24) is 20.5 Å². The van der Waals surface area contributed by atoms with E-state index in [0.29, 0.717) is 0 Å². The molecule has 2 amide bonds. The first-order valence-corrected chi connectivity index (χ1v) is 14.6. The van der Waals surface area contributed by atoms with Crippen LogP contribution in [0.1, 0.15) is 74.0 Å². The van der Waals surface area contributed by atoms with E-state index in [1.807, 2.05) is 17.9 Å². The Balaban J connectivity index is 1.40. The fraction of sp³-hybridized carbons (Fsp3) is 0.500. The summed E-state index contributed by atoms with van der Waals surface area (Å²) in [5.41, 5.74) is 3.53. The molecule has 1 aromatic heterocycles. The lowest BCUT2D eigenvalue weighted by molar-refractivity contribution is -0.139. The summed E-state index contributed by atoms with van der Waals surface area (Å²) in [6.45, 7) is 2.56.